The highest BCUT2D eigenvalue weighted by Crippen LogP contribution is 2.38. The number of ketones is 2. The molecule has 1 saturated heterocycles. The Morgan fingerprint density at radius 2 is 0.983 bits per heavy atom. The van der Waals surface area contributed by atoms with Crippen molar-refractivity contribution in [3.05, 3.63) is 256 Å². The molecule has 0 radical (unpaired) electrons. The highest BCUT2D eigenvalue weighted by Gasteiger charge is 2.33. The molecule has 0 bridgehead atoms. The van der Waals surface area contributed by atoms with Gasteiger partial charge in [-0.15, -0.1) is 0 Å². The zero-order valence-corrected chi connectivity index (χ0v) is 75.0. The molecular weight excluding hydrogens is 1790 g/mol. The number of hydrogen-bond acceptors (Lipinski definition) is 14. The molecule has 3 aromatic heterocycles. The summed E-state index contributed by atoms with van der Waals surface area (Å²) >= 11 is 69.4. The van der Waals surface area contributed by atoms with Crippen LogP contribution in [0.2, 0.25) is 55.2 Å². The van der Waals surface area contributed by atoms with Crippen molar-refractivity contribution < 1.29 is 28.7 Å². The maximum absolute atomic E-state index is 12.2. The van der Waals surface area contributed by atoms with Gasteiger partial charge >= 0.3 is 12.2 Å². The molecule has 20 nitrogen and oxygen atoms in total. The largest absolute Gasteiger partial charge is 0.444 e. The number of Topliss-reactive ketones (excluding diaryl/α,β-unsaturated/α-hetero) is 2. The molecule has 10 aromatic rings. The van der Waals surface area contributed by atoms with E-state index < -0.39 is 11.2 Å². The van der Waals surface area contributed by atoms with Crippen LogP contribution in [0, 0.1) is 28.1 Å². The number of imidazole rings is 3. The number of ether oxygens (including phenoxy) is 2. The molecule has 2 amide bonds. The number of aryl methyl sites for hydroxylation is 2. The maximum atomic E-state index is 12.2. The number of alkyl halides is 1. The van der Waals surface area contributed by atoms with E-state index in [1.54, 1.807) is 64.4 Å². The Hall–Kier alpha value is -7.91. The lowest BCUT2D eigenvalue weighted by Crippen LogP contribution is -2.46. The van der Waals surface area contributed by atoms with E-state index in [-0.39, 0.29) is 33.7 Å². The highest BCUT2D eigenvalue weighted by atomic mass is 79.9. The van der Waals surface area contributed by atoms with Gasteiger partial charge in [0.15, 0.2) is 0 Å². The van der Waals surface area contributed by atoms with Crippen LogP contribution in [-0.2, 0) is 83.6 Å². The number of H-pyrrole nitrogens is 3. The standard InChI is InChI=1S/C22H20Cl3N3.C17H19Cl2N3O2.C12H11Cl2N3.C10H16BrNO3.C10H9ClO.C8H6ClN3.C7H3Cl2N/c23-15-6-4-13-5-7-16(11-14(13)10-15)28-9-8-19-20(12-28)27-22(26-19)17-2-1-3-18(24)21(17)25;1-17(2,3)24-16(23)22-8-7-12-13(9-22)21-15(20-12)10-5-4-6-11(18)14(10)19;13-8-3-1-2-7(11(8)14)12-16-9-4-5-15-6-10(9)17-12;1-10(2,3)15-9(14)12-5-4-8(13)7(11)6-12;11-9-3-1-7-2-4-10(12)6-8(7)5-9;9-7-5(4-10)2-1-3-6(7)8(11)12;8-6-3-1-2-5(4-10)7(6)9/h1-4,6,10,16H,5,7-9,11-12H2,(H,26,27);4-6H,7-9H2,1-3H3,(H,20,21);1-3,15H,4-6H2,(H,16,17);7H,4-6H2,1-3H3;1,3,5H,2,4,6H2;1-3H,(H3,11,12);1-3H. The number of amides is 2. The molecule has 2 atom stereocenters. The van der Waals surface area contributed by atoms with Crippen LogP contribution in [0.4, 0.5) is 9.59 Å². The number of aromatic nitrogens is 6. The van der Waals surface area contributed by atoms with E-state index in [1.807, 2.05) is 114 Å². The molecule has 7 heterocycles. The van der Waals surface area contributed by atoms with Crippen molar-refractivity contribution in [3.8, 4) is 46.3 Å². The van der Waals surface area contributed by atoms with Gasteiger partial charge in [-0.3, -0.25) is 19.9 Å². The topological polar surface area (TPSA) is 292 Å². The second-order valence-corrected chi connectivity index (χ2v) is 35.6. The number of nitriles is 2. The number of fused-ring (bicyclic) bond motifs is 5. The number of piperidine rings is 1. The van der Waals surface area contributed by atoms with E-state index in [0.29, 0.717) is 126 Å². The number of hydrogen-bond donors (Lipinski definition) is 6. The van der Waals surface area contributed by atoms with E-state index in [1.165, 1.54) is 28.8 Å². The first kappa shape index (κ1) is 92.4. The van der Waals surface area contributed by atoms with Gasteiger partial charge in [0.2, 0.25) is 0 Å². The van der Waals surface area contributed by atoms with Gasteiger partial charge in [0.1, 0.15) is 58.2 Å². The Labute approximate surface area is 749 Å². The molecule has 618 valence electrons. The Bertz CT molecular complexity index is 5410. The molecule has 7 N–H and O–H groups in total. The third kappa shape index (κ3) is 25.1. The molecule has 1 fully saturated rings. The lowest BCUT2D eigenvalue weighted by atomic mass is 9.87. The molecule has 2 aliphatic carbocycles. The summed E-state index contributed by atoms with van der Waals surface area (Å²) in [7, 11) is 0. The van der Waals surface area contributed by atoms with Crippen LogP contribution in [0.15, 0.2) is 127 Å². The molecule has 0 spiro atoms. The monoisotopic (exact) mass is 1870 g/mol. The SMILES string of the molecule is CC(C)(C)OC(=O)N1CCC(=O)C(Br)C1.CC(C)(C)OC(=O)N1CCc2nc(-c3cccc(Cl)c3Cl)[nH]c2C1.Clc1ccc2c(c1)CC(N1CCc3nc(-c4cccc(Cl)c4Cl)[nH]c3C1)CC2.Clc1cccc(-c2nc3c([nH]2)CNCC3)c1Cl.N#Cc1cccc(C(=N)N)c1Cl.N#Cc1cccc(Cl)c1Cl.O=C1CCc2ccc(Cl)cc2C1. The van der Waals surface area contributed by atoms with Gasteiger partial charge in [-0.05, 0) is 174 Å². The predicted octanol–water partition coefficient (Wildman–Crippen LogP) is 22.4. The molecule has 118 heavy (non-hydrogen) atoms. The summed E-state index contributed by atoms with van der Waals surface area (Å²) in [5.41, 5.74) is 19.5. The van der Waals surface area contributed by atoms with Crippen LogP contribution >= 0.6 is 144 Å². The van der Waals surface area contributed by atoms with E-state index in [2.05, 4.69) is 63.2 Å². The van der Waals surface area contributed by atoms with Crippen LogP contribution in [0.25, 0.3) is 34.2 Å². The minimum absolute atomic E-state index is 0.128. The summed E-state index contributed by atoms with van der Waals surface area (Å²) in [5.74, 6) is 2.61. The van der Waals surface area contributed by atoms with Gasteiger partial charge in [0.05, 0.1) is 102 Å². The van der Waals surface area contributed by atoms with Crippen molar-refractivity contribution in [1.82, 2.24) is 49.9 Å². The first-order valence-corrected chi connectivity index (χ1v) is 42.7. The summed E-state index contributed by atoms with van der Waals surface area (Å²) in [5, 5.41) is 33.2. The number of likely N-dealkylation sites (tertiary alicyclic amines) is 1. The summed E-state index contributed by atoms with van der Waals surface area (Å²) in [6.07, 6.45) is 7.80. The Morgan fingerprint density at radius 1 is 0.525 bits per heavy atom. The van der Waals surface area contributed by atoms with Gasteiger partial charge in [0, 0.05) is 123 Å². The van der Waals surface area contributed by atoms with Crippen molar-refractivity contribution in [1.29, 1.82) is 15.9 Å². The number of nitrogen functional groups attached to an aromatic ring is 1. The summed E-state index contributed by atoms with van der Waals surface area (Å²) < 4.78 is 10.6. The minimum Gasteiger partial charge on any atom is -0.444 e. The minimum atomic E-state index is -0.509. The van der Waals surface area contributed by atoms with Crippen LogP contribution in [0.1, 0.15) is 134 Å². The predicted molar refractivity (Wildman–Crippen MR) is 476 cm³/mol. The van der Waals surface area contributed by atoms with Crippen LogP contribution in [0.3, 0.4) is 0 Å². The van der Waals surface area contributed by atoms with Crippen molar-refractivity contribution in [3.63, 3.8) is 0 Å². The molecule has 16 rings (SSSR count). The second-order valence-electron chi connectivity index (χ2n) is 30.1. The fourth-order valence-electron chi connectivity index (χ4n) is 13.4. The second kappa shape index (κ2) is 42.1. The number of nitrogens with one attached hydrogen (secondary N) is 5. The molecule has 0 saturated carbocycles. The molecular formula is C86H84BrCl11N14O6. The third-order valence-corrected chi connectivity index (χ3v) is 24.2. The quantitative estimate of drug-likeness (QED) is 0.0531. The van der Waals surface area contributed by atoms with Gasteiger partial charge in [-0.1, -0.05) is 186 Å². The molecule has 6 aliphatic rings. The van der Waals surface area contributed by atoms with E-state index in [4.69, 9.17) is 164 Å². The van der Waals surface area contributed by atoms with Crippen molar-refractivity contribution in [2.75, 3.05) is 32.7 Å². The van der Waals surface area contributed by atoms with Crippen LogP contribution < -0.4 is 11.1 Å². The highest BCUT2D eigenvalue weighted by molar-refractivity contribution is 9.10. The first-order chi connectivity index (χ1) is 56.0. The van der Waals surface area contributed by atoms with Gasteiger partial charge < -0.3 is 45.3 Å². The van der Waals surface area contributed by atoms with Crippen molar-refractivity contribution >= 4 is 173 Å². The smallest absolute Gasteiger partial charge is 0.410 e. The fourth-order valence-corrected chi connectivity index (χ4v) is 16.1. The number of carbonyl (C=O) groups is 4. The summed E-state index contributed by atoms with van der Waals surface area (Å²) in [6.45, 7) is 16.6. The van der Waals surface area contributed by atoms with E-state index in [9.17, 15) is 19.2 Å². The number of halogens is 12. The Kier molecular flexibility index (Phi) is 32.9. The Balaban J connectivity index is 0.000000149. The van der Waals surface area contributed by atoms with Gasteiger partial charge in [0.25, 0.3) is 0 Å². The summed E-state index contributed by atoms with van der Waals surface area (Å²) in [4.78, 5) is 75.8. The fraction of sp³-hybridized carbons (Fsp3) is 0.326. The zero-order valence-electron chi connectivity index (χ0n) is 65.1. The number of amidine groups is 1. The number of nitrogens with zero attached hydrogens (tertiary/aromatic N) is 8. The average Bonchev–Trinajstić information content (AvgIpc) is 1.64. The average molecular weight is 1880 g/mol. The third-order valence-electron chi connectivity index (χ3n) is 19.3. The van der Waals surface area contributed by atoms with Crippen molar-refractivity contribution in [2.24, 2.45) is 5.73 Å². The lowest BCUT2D eigenvalue weighted by molar-refractivity contribution is -0.120. The lowest BCUT2D eigenvalue weighted by Gasteiger charge is -2.37. The van der Waals surface area contributed by atoms with E-state index >= 15 is 0 Å². The number of nitrogens with two attached hydrogens (primary N) is 1. The number of carbonyl (C=O) groups excluding carboxylic acids is 4. The van der Waals surface area contributed by atoms with Gasteiger partial charge in [-0.25, -0.2) is 24.5 Å². The normalized spacial score (nSPS) is 15.8. The molecule has 2 unspecified atom stereocenters. The molecule has 7 aromatic carbocycles. The molecule has 32 heteroatoms. The van der Waals surface area contributed by atoms with Crippen LogP contribution in [-0.4, -0.2) is 129 Å². The van der Waals surface area contributed by atoms with Crippen molar-refractivity contribution in [2.45, 2.75) is 147 Å². The molecule has 4 aliphatic heterocycles. The zero-order chi connectivity index (χ0) is 85.4. The van der Waals surface area contributed by atoms with E-state index in [0.717, 1.165) is 131 Å². The Morgan fingerprint density at radius 3 is 1.49 bits per heavy atom. The first-order valence-electron chi connectivity index (χ1n) is 37.6. The maximum Gasteiger partial charge on any atom is 0.410 e. The number of benzene rings is 7. The van der Waals surface area contributed by atoms with Gasteiger partial charge in [-0.2, -0.15) is 10.5 Å². The number of rotatable bonds is 5. The number of aromatic amines is 3. The summed E-state index contributed by atoms with van der Waals surface area (Å²) in [6, 6.07) is 42.9. The van der Waals surface area contributed by atoms with Crippen LogP contribution in [0.5, 0.6) is 0 Å².